The first-order valence-corrected chi connectivity index (χ1v) is 6.93. The molecule has 0 saturated carbocycles. The van der Waals surface area contributed by atoms with E-state index in [-0.39, 0.29) is 18.3 Å². The summed E-state index contributed by atoms with van der Waals surface area (Å²) >= 11 is 0. The van der Waals surface area contributed by atoms with Gasteiger partial charge < -0.3 is 15.8 Å². The largest absolute Gasteiger partial charge is 0.381 e. The zero-order valence-corrected chi connectivity index (χ0v) is 12.4. The Morgan fingerprint density at radius 2 is 1.95 bits per heavy atom. The molecular weight excluding hydrogens is 276 g/mol. The van der Waals surface area contributed by atoms with Gasteiger partial charge in [-0.2, -0.15) is 0 Å². The number of ether oxygens (including phenoxy) is 1. The molecule has 20 heavy (non-hydrogen) atoms. The second kappa shape index (κ2) is 8.95. The molecule has 1 atom stereocenters. The summed E-state index contributed by atoms with van der Waals surface area (Å²) in [4.78, 5) is 11.9. The minimum absolute atomic E-state index is 0. The van der Waals surface area contributed by atoms with Crippen molar-refractivity contribution in [3.05, 3.63) is 35.9 Å². The van der Waals surface area contributed by atoms with Gasteiger partial charge in [0, 0.05) is 19.8 Å². The first-order valence-electron chi connectivity index (χ1n) is 6.93. The number of carbonyl (C=O) groups is 1. The van der Waals surface area contributed by atoms with Crippen LogP contribution in [0.25, 0.3) is 0 Å². The first-order chi connectivity index (χ1) is 9.27. The number of amides is 1. The van der Waals surface area contributed by atoms with Crippen LogP contribution in [0, 0.1) is 5.92 Å². The lowest BCUT2D eigenvalue weighted by atomic mass is 9.96. The second-order valence-electron chi connectivity index (χ2n) is 5.02. The third kappa shape index (κ3) is 5.12. The van der Waals surface area contributed by atoms with Crippen LogP contribution in [0.2, 0.25) is 0 Å². The molecule has 3 N–H and O–H groups in total. The Bertz CT molecular complexity index is 394. The maximum atomic E-state index is 11.9. The lowest BCUT2D eigenvalue weighted by Crippen LogP contribution is -2.35. The highest BCUT2D eigenvalue weighted by Crippen LogP contribution is 2.17. The SMILES string of the molecule is Cl.NC(C(=O)NCCC1CCOCC1)c1ccccc1. The van der Waals surface area contributed by atoms with E-state index < -0.39 is 6.04 Å². The third-order valence-electron chi connectivity index (χ3n) is 3.63. The monoisotopic (exact) mass is 298 g/mol. The van der Waals surface area contributed by atoms with Gasteiger partial charge in [0.05, 0.1) is 0 Å². The molecule has 0 aromatic heterocycles. The molecule has 0 bridgehead atoms. The van der Waals surface area contributed by atoms with Gasteiger partial charge in [-0.1, -0.05) is 30.3 Å². The van der Waals surface area contributed by atoms with Gasteiger partial charge >= 0.3 is 0 Å². The van der Waals surface area contributed by atoms with Gasteiger partial charge in [-0.25, -0.2) is 0 Å². The van der Waals surface area contributed by atoms with Gasteiger partial charge in [0.25, 0.3) is 0 Å². The summed E-state index contributed by atoms with van der Waals surface area (Å²) in [5.74, 6) is 0.570. The Hall–Kier alpha value is -1.10. The van der Waals surface area contributed by atoms with Crippen molar-refractivity contribution in [2.24, 2.45) is 11.7 Å². The normalized spacial score (nSPS) is 17.1. The Balaban J connectivity index is 0.00000200. The topological polar surface area (TPSA) is 64.4 Å². The van der Waals surface area contributed by atoms with Gasteiger partial charge in [0.15, 0.2) is 0 Å². The molecule has 0 aliphatic carbocycles. The number of halogens is 1. The van der Waals surface area contributed by atoms with Crippen LogP contribution in [-0.2, 0) is 9.53 Å². The van der Waals surface area contributed by atoms with E-state index in [9.17, 15) is 4.79 Å². The van der Waals surface area contributed by atoms with Crippen LogP contribution in [0.5, 0.6) is 0 Å². The zero-order valence-electron chi connectivity index (χ0n) is 11.6. The van der Waals surface area contributed by atoms with Gasteiger partial charge in [0.1, 0.15) is 6.04 Å². The quantitative estimate of drug-likeness (QED) is 0.874. The molecule has 112 valence electrons. The second-order valence-corrected chi connectivity index (χ2v) is 5.02. The number of benzene rings is 1. The molecule has 1 aromatic rings. The Labute approximate surface area is 126 Å². The van der Waals surface area contributed by atoms with Crippen LogP contribution in [0.1, 0.15) is 30.9 Å². The lowest BCUT2D eigenvalue weighted by Gasteiger charge is -2.22. The molecule has 1 heterocycles. The van der Waals surface area contributed by atoms with Gasteiger partial charge in [-0.05, 0) is 30.7 Å². The van der Waals surface area contributed by atoms with Crippen LogP contribution in [0.3, 0.4) is 0 Å². The number of nitrogens with one attached hydrogen (secondary N) is 1. The van der Waals surface area contributed by atoms with Gasteiger partial charge in [-0.15, -0.1) is 12.4 Å². The van der Waals surface area contributed by atoms with Crippen LogP contribution in [0.4, 0.5) is 0 Å². The van der Waals surface area contributed by atoms with Crippen LogP contribution in [-0.4, -0.2) is 25.7 Å². The number of nitrogens with two attached hydrogens (primary N) is 1. The zero-order chi connectivity index (χ0) is 13.5. The molecule has 1 aliphatic rings. The summed E-state index contributed by atoms with van der Waals surface area (Å²) in [6, 6.07) is 8.88. The molecule has 0 radical (unpaired) electrons. The van der Waals surface area contributed by atoms with Gasteiger partial charge in [-0.3, -0.25) is 4.79 Å². The van der Waals surface area contributed by atoms with E-state index in [1.165, 1.54) is 0 Å². The molecule has 1 amide bonds. The molecule has 1 aromatic carbocycles. The van der Waals surface area contributed by atoms with Crippen molar-refractivity contribution in [3.63, 3.8) is 0 Å². The number of carbonyl (C=O) groups excluding carboxylic acids is 1. The smallest absolute Gasteiger partial charge is 0.241 e. The maximum Gasteiger partial charge on any atom is 0.241 e. The van der Waals surface area contributed by atoms with Gasteiger partial charge in [0.2, 0.25) is 5.91 Å². The Morgan fingerprint density at radius 3 is 2.60 bits per heavy atom. The summed E-state index contributed by atoms with van der Waals surface area (Å²) in [6.07, 6.45) is 3.21. The summed E-state index contributed by atoms with van der Waals surface area (Å²) in [7, 11) is 0. The summed E-state index contributed by atoms with van der Waals surface area (Å²) in [5.41, 5.74) is 6.78. The Morgan fingerprint density at radius 1 is 1.30 bits per heavy atom. The summed E-state index contributed by atoms with van der Waals surface area (Å²) in [6.45, 7) is 2.40. The predicted molar refractivity (Wildman–Crippen MR) is 81.8 cm³/mol. The average Bonchev–Trinajstić information content (AvgIpc) is 2.48. The molecule has 1 saturated heterocycles. The predicted octanol–water partition coefficient (Wildman–Crippen LogP) is 2.04. The highest BCUT2D eigenvalue weighted by atomic mass is 35.5. The van der Waals surface area contributed by atoms with E-state index in [1.807, 2.05) is 30.3 Å². The molecule has 2 rings (SSSR count). The lowest BCUT2D eigenvalue weighted by molar-refractivity contribution is -0.122. The highest BCUT2D eigenvalue weighted by Gasteiger charge is 2.17. The van der Waals surface area contributed by atoms with Crippen LogP contribution in [0.15, 0.2) is 30.3 Å². The molecule has 4 nitrogen and oxygen atoms in total. The van der Waals surface area contributed by atoms with Crippen molar-refractivity contribution in [1.82, 2.24) is 5.32 Å². The van der Waals surface area contributed by atoms with E-state index in [4.69, 9.17) is 10.5 Å². The fourth-order valence-corrected chi connectivity index (χ4v) is 2.36. The van der Waals surface area contributed by atoms with E-state index >= 15 is 0 Å². The van der Waals surface area contributed by atoms with Crippen LogP contribution < -0.4 is 11.1 Å². The van der Waals surface area contributed by atoms with Crippen LogP contribution >= 0.6 is 12.4 Å². The third-order valence-corrected chi connectivity index (χ3v) is 3.63. The van der Waals surface area contributed by atoms with E-state index in [0.717, 1.165) is 38.0 Å². The van der Waals surface area contributed by atoms with Crippen molar-refractivity contribution in [2.45, 2.75) is 25.3 Å². The molecule has 5 heteroatoms. The average molecular weight is 299 g/mol. The fourth-order valence-electron chi connectivity index (χ4n) is 2.36. The van der Waals surface area contributed by atoms with Crippen molar-refractivity contribution >= 4 is 18.3 Å². The summed E-state index contributed by atoms with van der Waals surface area (Å²) in [5, 5.41) is 2.92. The number of rotatable bonds is 5. The standard InChI is InChI=1S/C15H22N2O2.ClH/c16-14(13-4-2-1-3-5-13)15(18)17-9-6-12-7-10-19-11-8-12;/h1-5,12,14H,6-11,16H2,(H,17,18);1H. The highest BCUT2D eigenvalue weighted by molar-refractivity contribution is 5.85. The van der Waals surface area contributed by atoms with E-state index in [1.54, 1.807) is 0 Å². The first kappa shape index (κ1) is 17.0. The van der Waals surface area contributed by atoms with Crippen molar-refractivity contribution in [1.29, 1.82) is 0 Å². The minimum atomic E-state index is -0.573. The molecule has 0 spiro atoms. The number of hydrogen-bond acceptors (Lipinski definition) is 3. The molecular formula is C15H23ClN2O2. The van der Waals surface area contributed by atoms with E-state index in [2.05, 4.69) is 5.32 Å². The summed E-state index contributed by atoms with van der Waals surface area (Å²) < 4.78 is 5.32. The molecule has 1 unspecified atom stereocenters. The number of hydrogen-bond donors (Lipinski definition) is 2. The molecule has 1 aliphatic heterocycles. The van der Waals surface area contributed by atoms with Crippen molar-refractivity contribution in [2.75, 3.05) is 19.8 Å². The minimum Gasteiger partial charge on any atom is -0.381 e. The molecule has 1 fully saturated rings. The van der Waals surface area contributed by atoms with Crippen molar-refractivity contribution < 1.29 is 9.53 Å². The van der Waals surface area contributed by atoms with Crippen molar-refractivity contribution in [3.8, 4) is 0 Å². The van der Waals surface area contributed by atoms with E-state index in [0.29, 0.717) is 12.5 Å². The maximum absolute atomic E-state index is 11.9. The Kier molecular flexibility index (Phi) is 7.59. The fraction of sp³-hybridized carbons (Fsp3) is 0.533.